The van der Waals surface area contributed by atoms with E-state index in [9.17, 15) is 4.79 Å². The third-order valence-corrected chi connectivity index (χ3v) is 12.6. The van der Waals surface area contributed by atoms with Gasteiger partial charge in [0.25, 0.3) is 0 Å². The number of esters is 1. The number of carbonyl (C=O) groups excluding carboxylic acids is 1. The maximum atomic E-state index is 12.9. The predicted octanol–water partition coefficient (Wildman–Crippen LogP) is 3.64. The Morgan fingerprint density at radius 2 is 1.19 bits per heavy atom. The minimum atomic E-state index is -2.90. The molecule has 1 heterocycles. The standard InChI is InChI=1S/C22H20ClO2P/c23-17-25-22(24)21-16-26(21,18-10-4-1-5-11-18,19-12-6-2-7-13-19)20-14-8-3-9-15-20/h1-15,21H,16-17H2. The Kier molecular flexibility index (Phi) is 4.34. The maximum absolute atomic E-state index is 12.9. The van der Waals surface area contributed by atoms with Crippen molar-refractivity contribution in [2.75, 3.05) is 12.2 Å². The van der Waals surface area contributed by atoms with Crippen LogP contribution in [0.4, 0.5) is 0 Å². The van der Waals surface area contributed by atoms with Crippen molar-refractivity contribution < 1.29 is 9.53 Å². The average Bonchev–Trinajstić information content (AvgIpc) is 3.44. The van der Waals surface area contributed by atoms with Crippen LogP contribution in [-0.4, -0.2) is 23.9 Å². The van der Waals surface area contributed by atoms with E-state index >= 15 is 0 Å². The van der Waals surface area contributed by atoms with Gasteiger partial charge in [0.2, 0.25) is 0 Å². The summed E-state index contributed by atoms with van der Waals surface area (Å²) in [5.74, 6) is -0.200. The molecule has 0 N–H and O–H groups in total. The molecule has 4 heteroatoms. The van der Waals surface area contributed by atoms with Crippen molar-refractivity contribution in [2.24, 2.45) is 0 Å². The Bertz CT molecular complexity index is 813. The molecule has 3 aromatic carbocycles. The number of carbonyl (C=O) groups is 1. The Morgan fingerprint density at radius 1 is 0.808 bits per heavy atom. The number of ether oxygens (including phenoxy) is 1. The molecule has 4 rings (SSSR count). The molecule has 1 aliphatic rings. The summed E-state index contributed by atoms with van der Waals surface area (Å²) >= 11 is 5.72. The summed E-state index contributed by atoms with van der Waals surface area (Å²) < 4.78 is 5.27. The zero-order valence-corrected chi connectivity index (χ0v) is 15.9. The summed E-state index contributed by atoms with van der Waals surface area (Å²) in [6.07, 6.45) is 0.791. The van der Waals surface area contributed by atoms with Crippen LogP contribution in [0.25, 0.3) is 0 Å². The van der Waals surface area contributed by atoms with Crippen molar-refractivity contribution in [1.29, 1.82) is 0 Å². The number of hydrogen-bond acceptors (Lipinski definition) is 2. The molecular weight excluding hydrogens is 363 g/mol. The van der Waals surface area contributed by atoms with Crippen molar-refractivity contribution in [3.05, 3.63) is 91.0 Å². The fourth-order valence-electron chi connectivity index (χ4n) is 4.38. The zero-order chi connectivity index (χ0) is 18.1. The van der Waals surface area contributed by atoms with Gasteiger partial charge in [0, 0.05) is 0 Å². The fraction of sp³-hybridized carbons (Fsp3) is 0.136. The van der Waals surface area contributed by atoms with Gasteiger partial charge in [-0.25, -0.2) is 0 Å². The molecule has 26 heavy (non-hydrogen) atoms. The second kappa shape index (κ2) is 6.54. The Labute approximate surface area is 158 Å². The molecular formula is C22H20ClO2P. The first-order valence-corrected chi connectivity index (χ1v) is 11.7. The Balaban J connectivity index is 2.06. The normalized spacial score (nSPS) is 21.1. The average molecular weight is 383 g/mol. The molecule has 0 radical (unpaired) electrons. The van der Waals surface area contributed by atoms with Gasteiger partial charge in [-0.2, -0.15) is 0 Å². The number of alkyl halides is 1. The molecule has 0 aliphatic carbocycles. The van der Waals surface area contributed by atoms with Gasteiger partial charge in [0.15, 0.2) is 0 Å². The van der Waals surface area contributed by atoms with Crippen LogP contribution in [-0.2, 0) is 9.53 Å². The monoisotopic (exact) mass is 382 g/mol. The minimum absolute atomic E-state index is 0.111. The van der Waals surface area contributed by atoms with Crippen LogP contribution in [0.15, 0.2) is 91.0 Å². The number of rotatable bonds is 5. The van der Waals surface area contributed by atoms with E-state index in [2.05, 4.69) is 72.8 Å². The van der Waals surface area contributed by atoms with Crippen LogP contribution < -0.4 is 15.9 Å². The van der Waals surface area contributed by atoms with Gasteiger partial charge in [0.1, 0.15) is 0 Å². The van der Waals surface area contributed by atoms with Gasteiger partial charge in [-0.05, 0) is 0 Å². The van der Waals surface area contributed by atoms with Crippen LogP contribution >= 0.6 is 18.2 Å². The molecule has 3 aromatic rings. The molecule has 0 spiro atoms. The van der Waals surface area contributed by atoms with E-state index in [1.54, 1.807) is 0 Å². The second-order valence-electron chi connectivity index (χ2n) is 6.66. The van der Waals surface area contributed by atoms with Crippen molar-refractivity contribution in [1.82, 2.24) is 0 Å². The van der Waals surface area contributed by atoms with Gasteiger partial charge < -0.3 is 0 Å². The first kappa shape index (κ1) is 17.3. The summed E-state index contributed by atoms with van der Waals surface area (Å²) in [7, 11) is 0. The van der Waals surface area contributed by atoms with Gasteiger partial charge in [-0.1, -0.05) is 0 Å². The summed E-state index contributed by atoms with van der Waals surface area (Å²) in [5.41, 5.74) is -0.188. The molecule has 0 aromatic heterocycles. The quantitative estimate of drug-likeness (QED) is 0.382. The Hall–Kier alpha value is -2.15. The topological polar surface area (TPSA) is 26.3 Å². The first-order valence-electron chi connectivity index (χ1n) is 8.64. The van der Waals surface area contributed by atoms with E-state index in [0.717, 1.165) is 6.16 Å². The molecule has 1 unspecified atom stereocenters. The number of halogens is 1. The van der Waals surface area contributed by atoms with Gasteiger partial charge in [-0.3, -0.25) is 0 Å². The second-order valence-corrected chi connectivity index (χ2v) is 12.2. The van der Waals surface area contributed by atoms with Gasteiger partial charge in [0.05, 0.1) is 0 Å². The first-order chi connectivity index (χ1) is 12.7. The van der Waals surface area contributed by atoms with E-state index in [1.807, 2.05) is 18.2 Å². The van der Waals surface area contributed by atoms with E-state index in [-0.39, 0.29) is 17.7 Å². The van der Waals surface area contributed by atoms with Crippen molar-refractivity contribution in [2.45, 2.75) is 5.66 Å². The molecule has 1 atom stereocenters. The third-order valence-electron chi connectivity index (χ3n) is 5.61. The van der Waals surface area contributed by atoms with Crippen LogP contribution in [0, 0.1) is 0 Å². The molecule has 0 saturated carbocycles. The number of hydrogen-bond donors (Lipinski definition) is 0. The van der Waals surface area contributed by atoms with Crippen LogP contribution in [0.2, 0.25) is 0 Å². The SMILES string of the molecule is O=C(OCCl)C1CP1(c1ccccc1)(c1ccccc1)c1ccccc1. The third kappa shape index (κ3) is 2.26. The zero-order valence-electron chi connectivity index (χ0n) is 14.3. The molecule has 0 amide bonds. The van der Waals surface area contributed by atoms with Crippen LogP contribution in [0.1, 0.15) is 0 Å². The summed E-state index contributed by atoms with van der Waals surface area (Å²) in [5, 5.41) is 3.69. The van der Waals surface area contributed by atoms with E-state index in [0.29, 0.717) is 0 Å². The van der Waals surface area contributed by atoms with Crippen molar-refractivity contribution in [3.8, 4) is 0 Å². The molecule has 132 valence electrons. The molecule has 0 bridgehead atoms. The number of benzene rings is 3. The predicted molar refractivity (Wildman–Crippen MR) is 111 cm³/mol. The van der Waals surface area contributed by atoms with Crippen LogP contribution in [0.3, 0.4) is 0 Å². The fourth-order valence-corrected chi connectivity index (χ4v) is 11.7. The van der Waals surface area contributed by atoms with Crippen LogP contribution in [0.5, 0.6) is 0 Å². The molecule has 1 fully saturated rings. The van der Waals surface area contributed by atoms with E-state index in [4.69, 9.17) is 16.3 Å². The van der Waals surface area contributed by atoms with E-state index < -0.39 is 6.60 Å². The molecule has 1 saturated heterocycles. The summed E-state index contributed by atoms with van der Waals surface area (Å²) in [6.45, 7) is -2.90. The Morgan fingerprint density at radius 3 is 1.54 bits per heavy atom. The summed E-state index contributed by atoms with van der Waals surface area (Å²) in [4.78, 5) is 12.9. The van der Waals surface area contributed by atoms with E-state index in [1.165, 1.54) is 15.9 Å². The van der Waals surface area contributed by atoms with Gasteiger partial charge in [-0.15, -0.1) is 0 Å². The molecule has 1 aliphatic heterocycles. The summed E-state index contributed by atoms with van der Waals surface area (Å²) in [6, 6.07) is 31.2. The van der Waals surface area contributed by atoms with Crippen molar-refractivity contribution >= 4 is 40.1 Å². The molecule has 2 nitrogen and oxygen atoms in total. The van der Waals surface area contributed by atoms with Crippen molar-refractivity contribution in [3.63, 3.8) is 0 Å². The van der Waals surface area contributed by atoms with Gasteiger partial charge >= 0.3 is 159 Å².